The first-order valence-corrected chi connectivity index (χ1v) is 11.0. The zero-order valence-corrected chi connectivity index (χ0v) is 18.4. The maximum absolute atomic E-state index is 13.2. The van der Waals surface area contributed by atoms with Crippen molar-refractivity contribution in [1.82, 2.24) is 29.6 Å². The maximum atomic E-state index is 13.2. The van der Waals surface area contributed by atoms with Crippen molar-refractivity contribution in [1.29, 1.82) is 0 Å². The second-order valence-corrected chi connectivity index (χ2v) is 7.91. The highest BCUT2D eigenvalue weighted by molar-refractivity contribution is 7.98. The Morgan fingerprint density at radius 3 is 2.42 bits per heavy atom. The molecule has 0 unspecified atom stereocenters. The Bertz CT molecular complexity index is 1020. The quantitative estimate of drug-likeness (QED) is 0.374. The highest BCUT2D eigenvalue weighted by Gasteiger charge is 2.36. The summed E-state index contributed by atoms with van der Waals surface area (Å²) < 4.78 is 1.93. The molecule has 4 rings (SSSR count). The van der Waals surface area contributed by atoms with Gasteiger partial charge in [-0.25, -0.2) is 19.6 Å². The van der Waals surface area contributed by atoms with Crippen LogP contribution in [0.2, 0.25) is 0 Å². The minimum absolute atomic E-state index is 0.0677. The topological polar surface area (TPSA) is 114 Å². The molecule has 0 saturated heterocycles. The molecule has 2 aromatic heterocycles. The van der Waals surface area contributed by atoms with Crippen molar-refractivity contribution >= 4 is 24.1 Å². The largest absolute Gasteiger partial charge is 0.483 e. The Morgan fingerprint density at radius 2 is 1.84 bits per heavy atom. The van der Waals surface area contributed by atoms with Gasteiger partial charge in [-0.3, -0.25) is 9.59 Å². The molecule has 3 heterocycles. The van der Waals surface area contributed by atoms with Gasteiger partial charge >= 0.3 is 0 Å². The first-order valence-electron chi connectivity index (χ1n) is 9.75. The van der Waals surface area contributed by atoms with Gasteiger partial charge in [-0.05, 0) is 12.2 Å². The van der Waals surface area contributed by atoms with Gasteiger partial charge in [0.15, 0.2) is 16.8 Å². The van der Waals surface area contributed by atoms with Crippen LogP contribution in [-0.4, -0.2) is 59.9 Å². The number of carbonyl (C=O) groups is 2. The normalized spacial score (nSPS) is 15.1. The van der Waals surface area contributed by atoms with E-state index in [-0.39, 0.29) is 24.3 Å². The smallest absolute Gasteiger partial charge is 0.290 e. The van der Waals surface area contributed by atoms with Crippen LogP contribution in [0.3, 0.4) is 0 Å². The standard InChI is InChI=1S/C20H22N6OS.CH2O2/c1-13(2)16-18-23-17(14-7-5-4-6-8-14)24-26(18)10-9-25(16)19(27)15-11-21-20(28-3)22-12-15;2-1-3/h4-8,11-13,16H,9-10H2,1-3H3;1H,(H,2,3)/t16-;/m0./s1. The number of nitrogens with zero attached hydrogens (tertiary/aromatic N) is 6. The van der Waals surface area contributed by atoms with Gasteiger partial charge < -0.3 is 10.0 Å². The van der Waals surface area contributed by atoms with Gasteiger partial charge in [0.1, 0.15) is 0 Å². The molecule has 1 aromatic carbocycles. The molecule has 0 aliphatic carbocycles. The number of amides is 1. The highest BCUT2D eigenvalue weighted by atomic mass is 32.2. The minimum Gasteiger partial charge on any atom is -0.483 e. The molecule has 1 aliphatic rings. The molecule has 0 fully saturated rings. The summed E-state index contributed by atoms with van der Waals surface area (Å²) in [5, 5.41) is 12.2. The number of fused-ring (bicyclic) bond motifs is 1. The van der Waals surface area contributed by atoms with E-state index in [1.807, 2.05) is 46.2 Å². The van der Waals surface area contributed by atoms with Crippen molar-refractivity contribution in [3.63, 3.8) is 0 Å². The van der Waals surface area contributed by atoms with E-state index in [1.54, 1.807) is 12.4 Å². The zero-order valence-electron chi connectivity index (χ0n) is 17.5. The molecule has 1 atom stereocenters. The van der Waals surface area contributed by atoms with Crippen LogP contribution in [-0.2, 0) is 11.3 Å². The maximum Gasteiger partial charge on any atom is 0.290 e. The first kappa shape index (κ1) is 22.4. The van der Waals surface area contributed by atoms with Gasteiger partial charge in [0.2, 0.25) is 0 Å². The second kappa shape index (κ2) is 10.2. The van der Waals surface area contributed by atoms with Crippen molar-refractivity contribution in [2.24, 2.45) is 5.92 Å². The van der Waals surface area contributed by atoms with Crippen molar-refractivity contribution in [2.45, 2.75) is 31.6 Å². The third kappa shape index (κ3) is 4.91. The van der Waals surface area contributed by atoms with Crippen molar-refractivity contribution in [2.75, 3.05) is 12.8 Å². The summed E-state index contributed by atoms with van der Waals surface area (Å²) in [6.07, 6.45) is 5.12. The Hall–Kier alpha value is -3.27. The van der Waals surface area contributed by atoms with E-state index in [9.17, 15) is 4.79 Å². The van der Waals surface area contributed by atoms with Crippen molar-refractivity contribution in [3.8, 4) is 11.4 Å². The van der Waals surface area contributed by atoms with Gasteiger partial charge in [0.25, 0.3) is 12.4 Å². The third-order valence-corrected chi connectivity index (χ3v) is 5.41. The summed E-state index contributed by atoms with van der Waals surface area (Å²) in [7, 11) is 0. The molecule has 9 nitrogen and oxygen atoms in total. The number of carboxylic acid groups (broad SMARTS) is 1. The number of aromatic nitrogens is 5. The van der Waals surface area contributed by atoms with Gasteiger partial charge in [-0.2, -0.15) is 5.10 Å². The van der Waals surface area contributed by atoms with Crippen LogP contribution in [0.25, 0.3) is 11.4 Å². The predicted molar refractivity (Wildman–Crippen MR) is 117 cm³/mol. The fraction of sp³-hybridized carbons (Fsp3) is 0.333. The van der Waals surface area contributed by atoms with Crippen LogP contribution in [0.5, 0.6) is 0 Å². The summed E-state index contributed by atoms with van der Waals surface area (Å²) in [6, 6.07) is 9.78. The predicted octanol–water partition coefficient (Wildman–Crippen LogP) is 3.01. The van der Waals surface area contributed by atoms with Crippen LogP contribution >= 0.6 is 11.8 Å². The van der Waals surface area contributed by atoms with E-state index in [0.29, 0.717) is 29.6 Å². The monoisotopic (exact) mass is 440 g/mol. The van der Waals surface area contributed by atoms with E-state index in [4.69, 9.17) is 14.9 Å². The molecule has 1 aliphatic heterocycles. The van der Waals surface area contributed by atoms with E-state index >= 15 is 0 Å². The lowest BCUT2D eigenvalue weighted by Gasteiger charge is -2.37. The molecule has 3 aromatic rings. The second-order valence-electron chi connectivity index (χ2n) is 7.13. The Labute approximate surface area is 184 Å². The summed E-state index contributed by atoms with van der Waals surface area (Å²) in [6.45, 7) is 5.15. The van der Waals surface area contributed by atoms with E-state index in [0.717, 1.165) is 11.4 Å². The van der Waals surface area contributed by atoms with Crippen LogP contribution < -0.4 is 0 Å². The molecule has 0 radical (unpaired) electrons. The molecule has 0 spiro atoms. The SMILES string of the molecule is CSc1ncc(C(=O)N2CCn3nc(-c4ccccc4)nc3[C@@H]2C(C)C)cn1.O=CO. The number of thioether (sulfide) groups is 1. The molecular weight excluding hydrogens is 416 g/mol. The average molecular weight is 441 g/mol. The summed E-state index contributed by atoms with van der Waals surface area (Å²) >= 11 is 1.45. The summed E-state index contributed by atoms with van der Waals surface area (Å²) in [5.74, 6) is 1.65. The van der Waals surface area contributed by atoms with Crippen molar-refractivity contribution < 1.29 is 14.7 Å². The Kier molecular flexibility index (Phi) is 7.35. The minimum atomic E-state index is -0.250. The van der Waals surface area contributed by atoms with Crippen LogP contribution in [0, 0.1) is 5.92 Å². The average Bonchev–Trinajstić information content (AvgIpc) is 3.23. The number of carbonyl (C=O) groups excluding carboxylic acids is 1. The summed E-state index contributed by atoms with van der Waals surface area (Å²) in [5.41, 5.74) is 1.48. The highest BCUT2D eigenvalue weighted by Crippen LogP contribution is 2.33. The fourth-order valence-electron chi connectivity index (χ4n) is 3.51. The van der Waals surface area contributed by atoms with Gasteiger partial charge in [0.05, 0.1) is 18.2 Å². The lowest BCUT2D eigenvalue weighted by Crippen LogP contribution is -2.44. The number of hydrogen-bond acceptors (Lipinski definition) is 7. The van der Waals surface area contributed by atoms with Crippen molar-refractivity contribution in [3.05, 3.63) is 54.1 Å². The fourth-order valence-corrected chi connectivity index (χ4v) is 3.83. The lowest BCUT2D eigenvalue weighted by atomic mass is 9.99. The lowest BCUT2D eigenvalue weighted by molar-refractivity contribution is -0.122. The number of rotatable bonds is 4. The van der Waals surface area contributed by atoms with Gasteiger partial charge in [-0.15, -0.1) is 0 Å². The summed E-state index contributed by atoms with van der Waals surface area (Å²) in [4.78, 5) is 36.7. The molecule has 162 valence electrons. The zero-order chi connectivity index (χ0) is 22.4. The Balaban J connectivity index is 0.000000858. The molecular formula is C21H24N6O3S. The molecule has 0 saturated carbocycles. The third-order valence-electron chi connectivity index (χ3n) is 4.84. The van der Waals surface area contributed by atoms with Crippen LogP contribution in [0.15, 0.2) is 47.9 Å². The molecule has 1 N–H and O–H groups in total. The molecule has 1 amide bonds. The molecule has 31 heavy (non-hydrogen) atoms. The van der Waals surface area contributed by atoms with E-state index in [1.165, 1.54) is 11.8 Å². The first-order chi connectivity index (χ1) is 15.0. The Morgan fingerprint density at radius 1 is 1.19 bits per heavy atom. The number of hydrogen-bond donors (Lipinski definition) is 1. The number of benzene rings is 1. The van der Waals surface area contributed by atoms with Crippen LogP contribution in [0.4, 0.5) is 0 Å². The molecule has 0 bridgehead atoms. The van der Waals surface area contributed by atoms with Gasteiger partial charge in [0, 0.05) is 24.5 Å². The van der Waals surface area contributed by atoms with E-state index < -0.39 is 0 Å². The molecule has 10 heteroatoms. The van der Waals surface area contributed by atoms with Crippen LogP contribution in [0.1, 0.15) is 36.1 Å². The van der Waals surface area contributed by atoms with Gasteiger partial charge in [-0.1, -0.05) is 55.9 Å². The van der Waals surface area contributed by atoms with E-state index in [2.05, 4.69) is 28.9 Å².